The van der Waals surface area contributed by atoms with Crippen molar-refractivity contribution in [2.75, 3.05) is 12.8 Å². The second kappa shape index (κ2) is 8.20. The van der Waals surface area contributed by atoms with Crippen molar-refractivity contribution < 1.29 is 4.39 Å². The van der Waals surface area contributed by atoms with Crippen molar-refractivity contribution >= 4 is 11.8 Å². The first kappa shape index (κ1) is 16.1. The van der Waals surface area contributed by atoms with Gasteiger partial charge >= 0.3 is 0 Å². The Morgan fingerprint density at radius 1 is 1.14 bits per heavy atom. The van der Waals surface area contributed by atoms with E-state index in [9.17, 15) is 4.39 Å². The van der Waals surface area contributed by atoms with E-state index in [1.54, 1.807) is 11.8 Å². The molecule has 0 aliphatic carbocycles. The molecule has 2 rings (SSSR count). The number of rotatable bonds is 7. The number of halogens is 1. The van der Waals surface area contributed by atoms with Gasteiger partial charge < -0.3 is 5.32 Å². The van der Waals surface area contributed by atoms with Crippen LogP contribution >= 0.6 is 11.8 Å². The lowest BCUT2D eigenvalue weighted by atomic mass is 10.0. The summed E-state index contributed by atoms with van der Waals surface area (Å²) in [6.45, 7) is 2.20. The Morgan fingerprint density at radius 2 is 1.90 bits per heavy atom. The molecule has 0 heterocycles. The summed E-state index contributed by atoms with van der Waals surface area (Å²) in [7, 11) is 1.99. The van der Waals surface area contributed by atoms with Crippen molar-refractivity contribution in [3.05, 3.63) is 65.5 Å². The molecule has 2 aromatic rings. The monoisotopic (exact) mass is 303 g/mol. The number of aryl methyl sites for hydroxylation is 1. The molecule has 0 aliphatic rings. The fourth-order valence-corrected chi connectivity index (χ4v) is 3.36. The molecular weight excluding hydrogens is 281 g/mol. The summed E-state index contributed by atoms with van der Waals surface area (Å²) in [5.41, 5.74) is 2.71. The Hall–Kier alpha value is -1.32. The molecule has 0 aliphatic heterocycles. The van der Waals surface area contributed by atoms with E-state index in [1.807, 2.05) is 19.2 Å². The van der Waals surface area contributed by atoms with E-state index < -0.39 is 0 Å². The normalized spacial score (nSPS) is 12.3. The van der Waals surface area contributed by atoms with Crippen molar-refractivity contribution in [2.24, 2.45) is 0 Å². The van der Waals surface area contributed by atoms with E-state index in [2.05, 4.69) is 36.5 Å². The molecule has 0 radical (unpaired) electrons. The average molecular weight is 303 g/mol. The fourth-order valence-electron chi connectivity index (χ4n) is 2.31. The molecule has 1 unspecified atom stereocenters. The predicted octanol–water partition coefficient (Wildman–Crippen LogP) is 4.83. The van der Waals surface area contributed by atoms with E-state index in [1.165, 1.54) is 23.3 Å². The van der Waals surface area contributed by atoms with E-state index in [0.29, 0.717) is 6.04 Å². The largest absolute Gasteiger partial charge is 0.312 e. The molecule has 0 amide bonds. The van der Waals surface area contributed by atoms with Gasteiger partial charge in [-0.3, -0.25) is 0 Å². The molecule has 0 saturated heterocycles. The Morgan fingerprint density at radius 3 is 2.57 bits per heavy atom. The van der Waals surface area contributed by atoms with Gasteiger partial charge in [-0.05, 0) is 48.9 Å². The van der Waals surface area contributed by atoms with Crippen molar-refractivity contribution in [2.45, 2.75) is 30.7 Å². The third-order valence-corrected chi connectivity index (χ3v) is 4.58. The topological polar surface area (TPSA) is 12.0 Å². The molecule has 1 N–H and O–H groups in total. The Balaban J connectivity index is 2.02. The van der Waals surface area contributed by atoms with E-state index in [0.717, 1.165) is 23.5 Å². The highest BCUT2D eigenvalue weighted by Crippen LogP contribution is 2.25. The van der Waals surface area contributed by atoms with Crippen LogP contribution in [0.15, 0.2) is 53.4 Å². The van der Waals surface area contributed by atoms with Crippen LogP contribution in [0.25, 0.3) is 0 Å². The molecule has 112 valence electrons. The van der Waals surface area contributed by atoms with Crippen LogP contribution in [-0.4, -0.2) is 12.8 Å². The van der Waals surface area contributed by atoms with Crippen LogP contribution in [-0.2, 0) is 6.42 Å². The van der Waals surface area contributed by atoms with Gasteiger partial charge in [0.25, 0.3) is 0 Å². The van der Waals surface area contributed by atoms with Crippen LogP contribution < -0.4 is 5.32 Å². The minimum atomic E-state index is -0.184. The molecule has 0 aromatic heterocycles. The van der Waals surface area contributed by atoms with E-state index in [4.69, 9.17) is 0 Å². The van der Waals surface area contributed by atoms with Gasteiger partial charge in [0.2, 0.25) is 0 Å². The van der Waals surface area contributed by atoms with Crippen molar-refractivity contribution in [3.8, 4) is 0 Å². The molecule has 0 saturated carbocycles. The van der Waals surface area contributed by atoms with Gasteiger partial charge in [-0.15, -0.1) is 11.8 Å². The van der Waals surface area contributed by atoms with Gasteiger partial charge in [0.15, 0.2) is 0 Å². The minimum Gasteiger partial charge on any atom is -0.312 e. The standard InChI is InChI=1S/C18H22FNS/c1-3-5-14-6-4-7-15(12-14)18(20-2)13-21-17-10-8-16(19)9-11-17/h4,6-12,18,20H,3,5,13H2,1-2H3. The number of thioether (sulfide) groups is 1. The van der Waals surface area contributed by atoms with Crippen molar-refractivity contribution in [1.82, 2.24) is 5.32 Å². The molecule has 21 heavy (non-hydrogen) atoms. The summed E-state index contributed by atoms with van der Waals surface area (Å²) in [5, 5.41) is 3.37. The summed E-state index contributed by atoms with van der Waals surface area (Å²) in [5.74, 6) is 0.745. The zero-order chi connectivity index (χ0) is 15.1. The maximum atomic E-state index is 12.9. The third-order valence-electron chi connectivity index (χ3n) is 3.47. The fraction of sp³-hybridized carbons (Fsp3) is 0.333. The molecule has 0 fully saturated rings. The summed E-state index contributed by atoms with van der Waals surface area (Å²) in [6.07, 6.45) is 2.29. The van der Waals surface area contributed by atoms with Gasteiger partial charge in [-0.2, -0.15) is 0 Å². The lowest BCUT2D eigenvalue weighted by molar-refractivity contribution is 0.626. The van der Waals surface area contributed by atoms with Gasteiger partial charge in [0.05, 0.1) is 0 Å². The van der Waals surface area contributed by atoms with Crippen molar-refractivity contribution in [1.29, 1.82) is 0 Å². The molecule has 0 bridgehead atoms. The highest BCUT2D eigenvalue weighted by Gasteiger charge is 2.10. The lowest BCUT2D eigenvalue weighted by Crippen LogP contribution is -2.18. The molecule has 2 aromatic carbocycles. The first-order valence-electron chi connectivity index (χ1n) is 7.37. The minimum absolute atomic E-state index is 0.184. The van der Waals surface area contributed by atoms with Crippen LogP contribution in [0.5, 0.6) is 0 Å². The SMILES string of the molecule is CCCc1cccc(C(CSc2ccc(F)cc2)NC)c1. The van der Waals surface area contributed by atoms with Crippen LogP contribution in [0, 0.1) is 5.82 Å². The van der Waals surface area contributed by atoms with Crippen LogP contribution in [0.4, 0.5) is 4.39 Å². The Bertz CT molecular complexity index is 553. The third kappa shape index (κ3) is 4.87. The molecule has 1 nitrogen and oxygen atoms in total. The summed E-state index contributed by atoms with van der Waals surface area (Å²) < 4.78 is 12.9. The Kier molecular flexibility index (Phi) is 6.27. The average Bonchev–Trinajstić information content (AvgIpc) is 2.50. The summed E-state index contributed by atoms with van der Waals surface area (Å²) >= 11 is 1.75. The van der Waals surface area contributed by atoms with Gasteiger partial charge in [0.1, 0.15) is 5.82 Å². The van der Waals surface area contributed by atoms with E-state index >= 15 is 0 Å². The lowest BCUT2D eigenvalue weighted by Gasteiger charge is -2.17. The van der Waals surface area contributed by atoms with Crippen LogP contribution in [0.3, 0.4) is 0 Å². The van der Waals surface area contributed by atoms with Crippen LogP contribution in [0.2, 0.25) is 0 Å². The van der Waals surface area contributed by atoms with Gasteiger partial charge in [-0.25, -0.2) is 4.39 Å². The maximum absolute atomic E-state index is 12.9. The summed E-state index contributed by atoms with van der Waals surface area (Å²) in [4.78, 5) is 1.10. The first-order valence-corrected chi connectivity index (χ1v) is 8.36. The van der Waals surface area contributed by atoms with E-state index in [-0.39, 0.29) is 5.82 Å². The quantitative estimate of drug-likeness (QED) is 0.735. The highest BCUT2D eigenvalue weighted by atomic mass is 32.2. The predicted molar refractivity (Wildman–Crippen MR) is 89.4 cm³/mol. The number of benzene rings is 2. The molecule has 0 spiro atoms. The second-order valence-electron chi connectivity index (χ2n) is 5.10. The molecule has 1 atom stereocenters. The summed E-state index contributed by atoms with van der Waals surface area (Å²) in [6, 6.07) is 15.8. The van der Waals surface area contributed by atoms with Gasteiger partial charge in [-0.1, -0.05) is 37.6 Å². The molecular formula is C18H22FNS. The second-order valence-corrected chi connectivity index (χ2v) is 6.19. The van der Waals surface area contributed by atoms with Crippen LogP contribution in [0.1, 0.15) is 30.5 Å². The molecule has 3 heteroatoms. The van der Waals surface area contributed by atoms with Gasteiger partial charge in [0, 0.05) is 16.7 Å². The number of hydrogen-bond acceptors (Lipinski definition) is 2. The highest BCUT2D eigenvalue weighted by molar-refractivity contribution is 7.99. The smallest absolute Gasteiger partial charge is 0.123 e. The first-order chi connectivity index (χ1) is 10.2. The number of hydrogen-bond donors (Lipinski definition) is 1. The van der Waals surface area contributed by atoms with Crippen molar-refractivity contribution in [3.63, 3.8) is 0 Å². The maximum Gasteiger partial charge on any atom is 0.123 e. The Labute approximate surface area is 131 Å². The zero-order valence-electron chi connectivity index (χ0n) is 12.6. The zero-order valence-corrected chi connectivity index (χ0v) is 13.4. The number of nitrogens with one attached hydrogen (secondary N) is 1.